The lowest BCUT2D eigenvalue weighted by Crippen LogP contribution is -2.66. The van der Waals surface area contributed by atoms with Gasteiger partial charge in [0.05, 0.1) is 48.1 Å². The molecule has 17 atom stereocenters. The van der Waals surface area contributed by atoms with Crippen LogP contribution in [0.4, 0.5) is 0 Å². The number of fused-ring (bicyclic) bond motifs is 4. The Kier molecular flexibility index (Phi) is 10.5. The topological polar surface area (TPSA) is 138 Å². The van der Waals surface area contributed by atoms with Crippen molar-refractivity contribution in [2.75, 3.05) is 26.3 Å². The Bertz CT molecular complexity index is 1770. The first-order valence-corrected chi connectivity index (χ1v) is 20.9. The van der Waals surface area contributed by atoms with Crippen LogP contribution >= 0.6 is 0 Å². The standard InChI is InChI=1S/C46H61NO8/c1-27(48)24-47-25-33-28(2)40-37(49)15-9-14-31-21-34-35-23-38(50)36-22-32(16-18-43(34,36)3)53-26-30(29-11-7-6-8-12-29)13-10-20-54-46(35)19-17-39(44(31,46)4)45(5,52)42(51)41(33)55-40/h6-8,11-12,23,27-28,30-34,36-37,39-42,47-49,51-52H,14,16-22,24-26H2,1-5H3/t27-,28+,30+,31+,32-,33+,34-,36-,37+,39-,40+,41-,42+,43+,44+,45-,46+/m0/s1. The van der Waals surface area contributed by atoms with Gasteiger partial charge in [-0.05, 0) is 98.7 Å². The molecule has 9 nitrogen and oxygen atoms in total. The summed E-state index contributed by atoms with van der Waals surface area (Å²) >= 11 is 0. The van der Waals surface area contributed by atoms with E-state index in [0.29, 0.717) is 45.4 Å². The van der Waals surface area contributed by atoms with Crippen LogP contribution < -0.4 is 5.32 Å². The molecule has 298 valence electrons. The number of benzene rings is 1. The number of hydrogen-bond donors (Lipinski definition) is 5. The van der Waals surface area contributed by atoms with E-state index in [4.69, 9.17) is 14.2 Å². The van der Waals surface area contributed by atoms with Crippen LogP contribution in [0.1, 0.15) is 91.0 Å². The lowest BCUT2D eigenvalue weighted by molar-refractivity contribution is -0.219. The highest BCUT2D eigenvalue weighted by Gasteiger charge is 2.73. The second-order valence-electron chi connectivity index (χ2n) is 18.8. The average molecular weight is 756 g/mol. The van der Waals surface area contributed by atoms with E-state index in [1.807, 2.05) is 31.2 Å². The second-order valence-corrected chi connectivity index (χ2v) is 18.8. The van der Waals surface area contributed by atoms with Gasteiger partial charge in [-0.15, -0.1) is 5.92 Å². The molecule has 4 aliphatic carbocycles. The monoisotopic (exact) mass is 755 g/mol. The smallest absolute Gasteiger partial charge is 0.159 e. The van der Waals surface area contributed by atoms with Crippen LogP contribution in [0.5, 0.6) is 0 Å². The molecular weight excluding hydrogens is 695 g/mol. The molecule has 55 heavy (non-hydrogen) atoms. The first kappa shape index (κ1) is 39.3. The molecule has 1 aromatic rings. The Morgan fingerprint density at radius 1 is 1.00 bits per heavy atom. The fourth-order valence-electron chi connectivity index (χ4n) is 12.9. The fraction of sp³-hybridized carbons (Fsp3) is 0.717. The molecule has 5 N–H and O–H groups in total. The molecule has 1 saturated heterocycles. The Labute approximate surface area is 327 Å². The van der Waals surface area contributed by atoms with Crippen LogP contribution in [0.15, 0.2) is 42.0 Å². The van der Waals surface area contributed by atoms with Crippen molar-refractivity contribution < 1.29 is 39.4 Å². The summed E-state index contributed by atoms with van der Waals surface area (Å²) in [5, 5.41) is 50.3. The average Bonchev–Trinajstić information content (AvgIpc) is 3.66. The zero-order valence-electron chi connectivity index (χ0n) is 33.2. The number of carbonyl (C=O) groups is 1. The highest BCUT2D eigenvalue weighted by atomic mass is 16.5. The van der Waals surface area contributed by atoms with Crippen molar-refractivity contribution >= 4 is 5.78 Å². The molecule has 5 aliphatic heterocycles. The lowest BCUT2D eigenvalue weighted by atomic mass is 9.42. The Balaban J connectivity index is 1.25. The second kappa shape index (κ2) is 14.7. The maximum absolute atomic E-state index is 14.5. The van der Waals surface area contributed by atoms with Gasteiger partial charge in [0.2, 0.25) is 0 Å². The summed E-state index contributed by atoms with van der Waals surface area (Å²) in [4.78, 5) is 14.5. The maximum atomic E-state index is 14.5. The van der Waals surface area contributed by atoms with E-state index in [-0.39, 0.29) is 59.4 Å². The molecule has 4 fully saturated rings. The molecular formula is C46H61NO8. The van der Waals surface area contributed by atoms with Gasteiger partial charge in [-0.2, -0.15) is 0 Å². The van der Waals surface area contributed by atoms with E-state index >= 15 is 0 Å². The highest BCUT2D eigenvalue weighted by Crippen LogP contribution is 2.72. The van der Waals surface area contributed by atoms with Gasteiger partial charge in [-0.3, -0.25) is 4.79 Å². The predicted molar refractivity (Wildman–Crippen MR) is 207 cm³/mol. The molecule has 0 unspecified atom stereocenters. The maximum Gasteiger partial charge on any atom is 0.159 e. The Hall–Kier alpha value is -2.57. The molecule has 9 aliphatic rings. The number of ketones is 1. The van der Waals surface area contributed by atoms with Gasteiger partial charge in [-0.1, -0.05) is 68.9 Å². The van der Waals surface area contributed by atoms with Crippen molar-refractivity contribution in [3.63, 3.8) is 0 Å². The molecule has 5 heterocycles. The summed E-state index contributed by atoms with van der Waals surface area (Å²) in [5.74, 6) is 12.4. The number of aliphatic hydroxyl groups is 4. The van der Waals surface area contributed by atoms with E-state index in [0.717, 1.165) is 30.4 Å². The molecule has 0 radical (unpaired) electrons. The van der Waals surface area contributed by atoms with Gasteiger partial charge in [-0.25, -0.2) is 0 Å². The molecule has 8 bridgehead atoms. The molecule has 0 aromatic heterocycles. The van der Waals surface area contributed by atoms with Crippen LogP contribution in [-0.4, -0.2) is 100 Å². The van der Waals surface area contributed by atoms with Gasteiger partial charge in [0, 0.05) is 36.8 Å². The molecule has 0 amide bonds. The van der Waals surface area contributed by atoms with Crippen molar-refractivity contribution in [1.29, 1.82) is 0 Å². The summed E-state index contributed by atoms with van der Waals surface area (Å²) in [7, 11) is 0. The van der Waals surface area contributed by atoms with Gasteiger partial charge in [0.1, 0.15) is 18.8 Å². The van der Waals surface area contributed by atoms with E-state index in [9.17, 15) is 25.2 Å². The molecule has 1 spiro atoms. The summed E-state index contributed by atoms with van der Waals surface area (Å²) < 4.78 is 20.4. The molecule has 3 saturated carbocycles. The van der Waals surface area contributed by atoms with E-state index in [2.05, 4.69) is 55.0 Å². The zero-order chi connectivity index (χ0) is 38.9. The van der Waals surface area contributed by atoms with E-state index < -0.39 is 53.1 Å². The van der Waals surface area contributed by atoms with Gasteiger partial charge in [0.25, 0.3) is 0 Å². The number of aliphatic hydroxyl groups excluding tert-OH is 3. The van der Waals surface area contributed by atoms with Crippen LogP contribution in [-0.2, 0) is 19.0 Å². The van der Waals surface area contributed by atoms with Gasteiger partial charge in [0.15, 0.2) is 5.78 Å². The third kappa shape index (κ3) is 6.28. The number of rotatable bonds is 5. The van der Waals surface area contributed by atoms with Gasteiger partial charge >= 0.3 is 0 Å². The van der Waals surface area contributed by atoms with Crippen molar-refractivity contribution in [2.45, 2.75) is 133 Å². The number of ether oxygens (including phenoxy) is 3. The normalized spacial score (nSPS) is 48.2. The van der Waals surface area contributed by atoms with E-state index in [1.54, 1.807) is 13.8 Å². The minimum absolute atomic E-state index is 0.0285. The van der Waals surface area contributed by atoms with Crippen molar-refractivity contribution in [3.8, 4) is 23.7 Å². The van der Waals surface area contributed by atoms with Crippen LogP contribution in [0.25, 0.3) is 0 Å². The van der Waals surface area contributed by atoms with Crippen molar-refractivity contribution in [1.82, 2.24) is 5.32 Å². The lowest BCUT2D eigenvalue weighted by Gasteiger charge is -2.64. The van der Waals surface area contributed by atoms with Crippen LogP contribution in [0.3, 0.4) is 0 Å². The number of carbonyl (C=O) groups excluding carboxylic acids is 1. The van der Waals surface area contributed by atoms with E-state index in [1.165, 1.54) is 0 Å². The number of nitrogens with one attached hydrogen (secondary N) is 1. The highest BCUT2D eigenvalue weighted by molar-refractivity contribution is 5.95. The summed E-state index contributed by atoms with van der Waals surface area (Å²) in [6.07, 6.45) is 2.27. The van der Waals surface area contributed by atoms with Crippen molar-refractivity contribution in [3.05, 3.63) is 47.5 Å². The summed E-state index contributed by atoms with van der Waals surface area (Å²) in [5.41, 5.74) is -1.53. The van der Waals surface area contributed by atoms with Crippen LogP contribution in [0, 0.1) is 70.0 Å². The molecule has 1 aromatic carbocycles. The Morgan fingerprint density at radius 3 is 2.55 bits per heavy atom. The predicted octanol–water partition coefficient (Wildman–Crippen LogP) is 4.17. The van der Waals surface area contributed by atoms with Gasteiger partial charge < -0.3 is 40.0 Å². The minimum Gasteiger partial charge on any atom is -0.392 e. The fourth-order valence-corrected chi connectivity index (χ4v) is 12.9. The first-order valence-electron chi connectivity index (χ1n) is 20.9. The molecule has 10 rings (SSSR count). The summed E-state index contributed by atoms with van der Waals surface area (Å²) in [6.45, 7) is 11.4. The van der Waals surface area contributed by atoms with Crippen molar-refractivity contribution in [2.24, 2.45) is 46.3 Å². The SMILES string of the molecule is C[C@@H]1[C@@H](CNC[C@H](C)O)[C@@H]2O[C@H]1[C@H](O)C#CC[C@@H]1C[C@H]3C4=CC(=O)[C@@H]5C[C@H](CC[C@@]53C)OC[C@H](c3ccccc3)C#CCO[C@]43CC[C@H]([C@](C)(O)[C@@H]2O)[C@@]13C. The van der Waals surface area contributed by atoms with Crippen LogP contribution in [0.2, 0.25) is 0 Å². The quantitative estimate of drug-likeness (QED) is 0.281. The first-order chi connectivity index (χ1) is 26.2. The number of hydrogen-bond acceptors (Lipinski definition) is 9. The zero-order valence-corrected chi connectivity index (χ0v) is 33.2. The largest absolute Gasteiger partial charge is 0.392 e. The molecule has 9 heteroatoms. The minimum atomic E-state index is -1.63. The number of allylic oxidation sites excluding steroid dienone is 1. The Morgan fingerprint density at radius 2 is 1.78 bits per heavy atom. The summed E-state index contributed by atoms with van der Waals surface area (Å²) in [6, 6.07) is 10.2. The third-order valence-corrected chi connectivity index (χ3v) is 16.0. The third-order valence-electron chi connectivity index (χ3n) is 16.0.